The van der Waals surface area contributed by atoms with Crippen LogP contribution in [0.15, 0.2) is 18.2 Å². The molecule has 1 aromatic carbocycles. The topological polar surface area (TPSA) is 102 Å². The smallest absolute Gasteiger partial charge is 0.328 e. The third kappa shape index (κ3) is 3.60. The number of carboxylic acid groups (broad SMARTS) is 1. The van der Waals surface area contributed by atoms with E-state index in [1.54, 1.807) is 6.07 Å². The van der Waals surface area contributed by atoms with E-state index in [2.05, 4.69) is 4.74 Å². The van der Waals surface area contributed by atoms with Gasteiger partial charge in [-0.25, -0.2) is 4.79 Å². The summed E-state index contributed by atoms with van der Waals surface area (Å²) in [7, 11) is 2.64. The average Bonchev–Trinajstić information content (AvgIpc) is 2.54. The van der Waals surface area contributed by atoms with Gasteiger partial charge < -0.3 is 19.3 Å². The van der Waals surface area contributed by atoms with Crippen molar-refractivity contribution in [1.29, 1.82) is 0 Å². The predicted molar refractivity (Wildman–Crippen MR) is 79.5 cm³/mol. The molecule has 0 saturated carbocycles. The zero-order valence-corrected chi connectivity index (χ0v) is 12.6. The molecule has 1 heterocycles. The lowest BCUT2D eigenvalue weighted by Crippen LogP contribution is -2.42. The van der Waals surface area contributed by atoms with Crippen molar-refractivity contribution >= 4 is 29.6 Å². The van der Waals surface area contributed by atoms with Crippen molar-refractivity contribution in [1.82, 2.24) is 0 Å². The van der Waals surface area contributed by atoms with Gasteiger partial charge in [-0.05, 0) is 23.8 Å². The summed E-state index contributed by atoms with van der Waals surface area (Å²) in [4.78, 5) is 35.4. The molecule has 0 saturated heterocycles. The Morgan fingerprint density at radius 1 is 1.39 bits per heavy atom. The third-order valence-corrected chi connectivity index (χ3v) is 3.14. The number of carboxylic acids is 1. The average molecular weight is 321 g/mol. The lowest BCUT2D eigenvalue weighted by molar-refractivity contribution is -0.140. The predicted octanol–water partition coefficient (Wildman–Crippen LogP) is 0.691. The van der Waals surface area contributed by atoms with Gasteiger partial charge in [-0.15, -0.1) is 0 Å². The number of nitrogens with zero attached hydrogens (tertiary/aromatic N) is 1. The first-order chi connectivity index (χ1) is 11.0. The molecular weight excluding hydrogens is 306 g/mol. The van der Waals surface area contributed by atoms with E-state index in [1.165, 1.54) is 31.3 Å². The van der Waals surface area contributed by atoms with E-state index in [9.17, 15) is 14.4 Å². The first-order valence-corrected chi connectivity index (χ1v) is 6.59. The van der Waals surface area contributed by atoms with Gasteiger partial charge in [0.2, 0.25) is 0 Å². The van der Waals surface area contributed by atoms with Crippen molar-refractivity contribution in [3.8, 4) is 11.5 Å². The highest BCUT2D eigenvalue weighted by molar-refractivity contribution is 6.02. The highest BCUT2D eigenvalue weighted by Crippen LogP contribution is 2.41. The van der Waals surface area contributed by atoms with Crippen molar-refractivity contribution < 1.29 is 33.7 Å². The largest absolute Gasteiger partial charge is 0.493 e. The molecule has 0 spiro atoms. The molecule has 0 unspecified atom stereocenters. The fourth-order valence-electron chi connectivity index (χ4n) is 2.08. The Kier molecular flexibility index (Phi) is 4.85. The Morgan fingerprint density at radius 3 is 2.74 bits per heavy atom. The highest BCUT2D eigenvalue weighted by Gasteiger charge is 2.30. The quantitative estimate of drug-likeness (QED) is 0.629. The SMILES string of the molecule is COC(=O)CN1C(=O)COc2c(OC)cc(/C=C/C(=O)O)cc21. The fourth-order valence-corrected chi connectivity index (χ4v) is 2.08. The van der Waals surface area contributed by atoms with Crippen LogP contribution in [0.5, 0.6) is 11.5 Å². The van der Waals surface area contributed by atoms with E-state index in [0.717, 1.165) is 6.08 Å². The van der Waals surface area contributed by atoms with Gasteiger partial charge in [0, 0.05) is 6.08 Å². The minimum atomic E-state index is -1.11. The van der Waals surface area contributed by atoms with Crippen LogP contribution >= 0.6 is 0 Å². The summed E-state index contributed by atoms with van der Waals surface area (Å²) in [5.74, 6) is -1.47. The molecule has 0 bridgehead atoms. The van der Waals surface area contributed by atoms with Crippen LogP contribution in [-0.2, 0) is 19.1 Å². The van der Waals surface area contributed by atoms with E-state index in [1.807, 2.05) is 0 Å². The Balaban J connectivity index is 2.50. The molecular formula is C15H15NO7. The summed E-state index contributed by atoms with van der Waals surface area (Å²) >= 11 is 0. The number of ether oxygens (including phenoxy) is 3. The number of carbonyl (C=O) groups is 3. The summed E-state index contributed by atoms with van der Waals surface area (Å²) in [5.41, 5.74) is 0.798. The van der Waals surface area contributed by atoms with Crippen LogP contribution in [0.1, 0.15) is 5.56 Å². The number of rotatable bonds is 5. The standard InChI is InChI=1S/C15H15NO7/c1-21-11-6-9(3-4-13(18)19)5-10-15(11)23-8-12(17)16(10)7-14(20)22-2/h3-6H,7-8H2,1-2H3,(H,18,19)/b4-3+. The molecule has 1 aromatic rings. The van der Waals surface area contributed by atoms with Crippen LogP contribution < -0.4 is 14.4 Å². The number of anilines is 1. The second-order valence-corrected chi connectivity index (χ2v) is 4.59. The third-order valence-electron chi connectivity index (χ3n) is 3.14. The molecule has 8 heteroatoms. The summed E-state index contributed by atoms with van der Waals surface area (Å²) in [6.07, 6.45) is 2.30. The number of carbonyl (C=O) groups excluding carboxylic acids is 2. The molecule has 0 radical (unpaired) electrons. The van der Waals surface area contributed by atoms with Crippen LogP contribution in [-0.4, -0.2) is 50.3 Å². The van der Waals surface area contributed by atoms with E-state index in [4.69, 9.17) is 14.6 Å². The first kappa shape index (κ1) is 16.3. The number of benzene rings is 1. The first-order valence-electron chi connectivity index (χ1n) is 6.59. The maximum atomic E-state index is 12.0. The van der Waals surface area contributed by atoms with Gasteiger partial charge in [-0.1, -0.05) is 0 Å². The zero-order chi connectivity index (χ0) is 17.0. The van der Waals surface area contributed by atoms with Gasteiger partial charge in [0.1, 0.15) is 6.54 Å². The van der Waals surface area contributed by atoms with Crippen molar-refractivity contribution in [2.24, 2.45) is 0 Å². The second kappa shape index (κ2) is 6.82. The Morgan fingerprint density at radius 2 is 2.13 bits per heavy atom. The van der Waals surface area contributed by atoms with E-state index < -0.39 is 17.8 Å². The van der Waals surface area contributed by atoms with Crippen LogP contribution in [0.3, 0.4) is 0 Å². The molecule has 122 valence electrons. The van der Waals surface area contributed by atoms with Crippen molar-refractivity contribution in [3.63, 3.8) is 0 Å². The molecule has 2 rings (SSSR count). The molecule has 1 N–H and O–H groups in total. The number of methoxy groups -OCH3 is 2. The molecule has 0 aliphatic carbocycles. The summed E-state index contributed by atoms with van der Waals surface area (Å²) in [5, 5.41) is 8.72. The highest BCUT2D eigenvalue weighted by atomic mass is 16.5. The van der Waals surface area contributed by atoms with Crippen molar-refractivity contribution in [2.45, 2.75) is 0 Å². The summed E-state index contributed by atoms with van der Waals surface area (Å²) in [6.45, 7) is -0.508. The molecule has 0 fully saturated rings. The van der Waals surface area contributed by atoms with Gasteiger partial charge in [0.25, 0.3) is 5.91 Å². The number of hydrogen-bond donors (Lipinski definition) is 1. The van der Waals surface area contributed by atoms with Crippen molar-refractivity contribution in [2.75, 3.05) is 32.3 Å². The van der Waals surface area contributed by atoms with Crippen molar-refractivity contribution in [3.05, 3.63) is 23.8 Å². The zero-order valence-electron chi connectivity index (χ0n) is 12.6. The monoisotopic (exact) mass is 321 g/mol. The van der Waals surface area contributed by atoms with Gasteiger partial charge >= 0.3 is 11.9 Å². The second-order valence-electron chi connectivity index (χ2n) is 4.59. The number of hydrogen-bond acceptors (Lipinski definition) is 6. The molecule has 0 atom stereocenters. The van der Waals surface area contributed by atoms with Crippen LogP contribution in [0.25, 0.3) is 6.08 Å². The molecule has 1 aliphatic rings. The number of esters is 1. The minimum absolute atomic E-state index is 0.231. The van der Waals surface area contributed by atoms with Gasteiger partial charge in [-0.3, -0.25) is 14.5 Å². The van der Waals surface area contributed by atoms with Gasteiger partial charge in [-0.2, -0.15) is 0 Å². The summed E-state index contributed by atoms with van der Waals surface area (Å²) < 4.78 is 15.2. The van der Waals surface area contributed by atoms with Crippen LogP contribution in [0.2, 0.25) is 0 Å². The normalized spacial score (nSPS) is 13.5. The maximum absolute atomic E-state index is 12.0. The van der Waals surface area contributed by atoms with Crippen LogP contribution in [0.4, 0.5) is 5.69 Å². The van der Waals surface area contributed by atoms with E-state index in [0.29, 0.717) is 22.7 Å². The molecule has 0 aromatic heterocycles. The minimum Gasteiger partial charge on any atom is -0.493 e. The van der Waals surface area contributed by atoms with Crippen LogP contribution in [0, 0.1) is 0 Å². The molecule has 1 amide bonds. The molecule has 8 nitrogen and oxygen atoms in total. The maximum Gasteiger partial charge on any atom is 0.328 e. The Labute approximate surface area is 131 Å². The van der Waals surface area contributed by atoms with Gasteiger partial charge in [0.05, 0.1) is 19.9 Å². The number of aliphatic carboxylic acids is 1. The van der Waals surface area contributed by atoms with Gasteiger partial charge in [0.15, 0.2) is 18.1 Å². The fraction of sp³-hybridized carbons (Fsp3) is 0.267. The number of amides is 1. The lowest BCUT2D eigenvalue weighted by atomic mass is 10.1. The lowest BCUT2D eigenvalue weighted by Gasteiger charge is -2.29. The summed E-state index contributed by atoms with van der Waals surface area (Å²) in [6, 6.07) is 3.11. The number of fused-ring (bicyclic) bond motifs is 1. The Hall–Kier alpha value is -3.03. The van der Waals surface area contributed by atoms with E-state index in [-0.39, 0.29) is 13.2 Å². The van der Waals surface area contributed by atoms with E-state index >= 15 is 0 Å². The molecule has 23 heavy (non-hydrogen) atoms. The molecule has 1 aliphatic heterocycles. The Bertz CT molecular complexity index is 681.